The van der Waals surface area contributed by atoms with Crippen LogP contribution in [0.1, 0.15) is 65.5 Å². The Bertz CT molecular complexity index is 902. The summed E-state index contributed by atoms with van der Waals surface area (Å²) in [4.78, 5) is 15.0. The minimum atomic E-state index is 0.227. The standard InChI is InChI=1S/C25H28N2O/c28-25(27-12-4-5-13-27)19-10-11-21-20(15-19)22-17-8-9-18(14-17)23(22)24(26-21)16-6-2-1-3-7-16/h1-3,6-7,10-11,15,17-18,22-24,26H,4-5,8-9,12-14H2/t17-,18+,22+,23+,24-/m0/s1. The van der Waals surface area contributed by atoms with Crippen LogP contribution in [-0.2, 0) is 0 Å². The summed E-state index contributed by atoms with van der Waals surface area (Å²) >= 11 is 0. The zero-order chi connectivity index (χ0) is 18.7. The molecule has 2 heterocycles. The minimum absolute atomic E-state index is 0.227. The van der Waals surface area contributed by atoms with Crippen LogP contribution in [-0.4, -0.2) is 23.9 Å². The Kier molecular flexibility index (Phi) is 3.78. The first-order valence-electron chi connectivity index (χ1n) is 11.0. The zero-order valence-electron chi connectivity index (χ0n) is 16.3. The maximum atomic E-state index is 13.0. The fourth-order valence-corrected chi connectivity index (χ4v) is 6.71. The van der Waals surface area contributed by atoms with E-state index in [1.807, 2.05) is 11.0 Å². The van der Waals surface area contributed by atoms with Gasteiger partial charge in [0.25, 0.3) is 5.91 Å². The normalized spacial score (nSPS) is 32.7. The van der Waals surface area contributed by atoms with Crippen molar-refractivity contribution in [1.82, 2.24) is 4.90 Å². The van der Waals surface area contributed by atoms with E-state index in [4.69, 9.17) is 0 Å². The highest BCUT2D eigenvalue weighted by atomic mass is 16.2. The summed E-state index contributed by atoms with van der Waals surface area (Å²) in [5.74, 6) is 3.10. The van der Waals surface area contributed by atoms with Crippen LogP contribution in [0.15, 0.2) is 48.5 Å². The van der Waals surface area contributed by atoms with E-state index in [9.17, 15) is 4.79 Å². The van der Waals surface area contributed by atoms with Crippen LogP contribution >= 0.6 is 0 Å². The molecule has 2 aromatic rings. The van der Waals surface area contributed by atoms with E-state index >= 15 is 0 Å². The number of nitrogens with one attached hydrogen (secondary N) is 1. The number of fused-ring (bicyclic) bond motifs is 7. The van der Waals surface area contributed by atoms with Crippen LogP contribution < -0.4 is 5.32 Å². The molecule has 0 unspecified atom stereocenters. The number of nitrogens with zero attached hydrogens (tertiary/aromatic N) is 1. The third-order valence-electron chi connectivity index (χ3n) is 7.89. The average molecular weight is 373 g/mol. The quantitative estimate of drug-likeness (QED) is 0.784. The lowest BCUT2D eigenvalue weighted by atomic mass is 9.68. The summed E-state index contributed by atoms with van der Waals surface area (Å²) < 4.78 is 0. The van der Waals surface area contributed by atoms with Gasteiger partial charge in [-0.15, -0.1) is 0 Å². The lowest BCUT2D eigenvalue weighted by molar-refractivity contribution is 0.0792. The van der Waals surface area contributed by atoms with Gasteiger partial charge in [-0.3, -0.25) is 4.79 Å². The van der Waals surface area contributed by atoms with Crippen molar-refractivity contribution < 1.29 is 4.79 Å². The molecule has 4 aliphatic rings. The van der Waals surface area contributed by atoms with Gasteiger partial charge in [-0.1, -0.05) is 30.3 Å². The van der Waals surface area contributed by atoms with Gasteiger partial charge >= 0.3 is 0 Å². The second-order valence-corrected chi connectivity index (χ2v) is 9.27. The van der Waals surface area contributed by atoms with Gasteiger partial charge in [0.2, 0.25) is 0 Å². The predicted octanol–water partition coefficient (Wildman–Crippen LogP) is 5.22. The summed E-state index contributed by atoms with van der Waals surface area (Å²) in [6.07, 6.45) is 6.39. The minimum Gasteiger partial charge on any atom is -0.378 e. The number of rotatable bonds is 2. The summed E-state index contributed by atoms with van der Waals surface area (Å²) in [6, 6.07) is 17.8. The number of hydrogen-bond acceptors (Lipinski definition) is 2. The summed E-state index contributed by atoms with van der Waals surface area (Å²) in [5.41, 5.74) is 4.96. The monoisotopic (exact) mass is 372 g/mol. The molecule has 3 heteroatoms. The molecule has 28 heavy (non-hydrogen) atoms. The van der Waals surface area contributed by atoms with Crippen LogP contribution in [0.4, 0.5) is 5.69 Å². The first kappa shape index (κ1) is 16.6. The second kappa shape index (κ2) is 6.37. The molecule has 2 bridgehead atoms. The van der Waals surface area contributed by atoms with E-state index < -0.39 is 0 Å². The molecule has 0 spiro atoms. The van der Waals surface area contributed by atoms with Crippen molar-refractivity contribution in [1.29, 1.82) is 0 Å². The summed E-state index contributed by atoms with van der Waals surface area (Å²) in [7, 11) is 0. The average Bonchev–Trinajstić information content (AvgIpc) is 3.51. The van der Waals surface area contributed by atoms with E-state index in [2.05, 4.69) is 47.8 Å². The van der Waals surface area contributed by atoms with Crippen molar-refractivity contribution in [3.8, 4) is 0 Å². The maximum absolute atomic E-state index is 13.0. The van der Waals surface area contributed by atoms with Crippen molar-refractivity contribution >= 4 is 11.6 Å². The van der Waals surface area contributed by atoms with Gasteiger partial charge < -0.3 is 10.2 Å². The molecule has 2 aliphatic heterocycles. The van der Waals surface area contributed by atoms with Crippen molar-refractivity contribution in [2.75, 3.05) is 18.4 Å². The second-order valence-electron chi connectivity index (χ2n) is 9.27. The number of benzene rings is 2. The van der Waals surface area contributed by atoms with Gasteiger partial charge in [0.05, 0.1) is 6.04 Å². The number of carbonyl (C=O) groups excluding carboxylic acids is 1. The fourth-order valence-electron chi connectivity index (χ4n) is 6.71. The molecule has 5 atom stereocenters. The summed E-state index contributed by atoms with van der Waals surface area (Å²) in [5, 5.41) is 3.88. The summed E-state index contributed by atoms with van der Waals surface area (Å²) in [6.45, 7) is 1.84. The van der Waals surface area contributed by atoms with Gasteiger partial charge in [0.1, 0.15) is 0 Å². The topological polar surface area (TPSA) is 32.3 Å². The lowest BCUT2D eigenvalue weighted by Gasteiger charge is -2.43. The van der Waals surface area contributed by atoms with E-state index in [1.54, 1.807) is 0 Å². The molecule has 1 N–H and O–H groups in total. The molecule has 144 valence electrons. The van der Waals surface area contributed by atoms with E-state index in [1.165, 1.54) is 36.1 Å². The van der Waals surface area contributed by atoms with E-state index in [0.717, 1.165) is 43.3 Å². The van der Waals surface area contributed by atoms with Gasteiger partial charge in [-0.05, 0) is 85.1 Å². The SMILES string of the molecule is O=C(c1ccc2c(c1)[C@H]1[C@H]3CC[C@H](C3)[C@H]1[C@H](c1ccccc1)N2)N1CCCC1. The smallest absolute Gasteiger partial charge is 0.253 e. The lowest BCUT2D eigenvalue weighted by Crippen LogP contribution is -2.36. The first-order valence-corrected chi connectivity index (χ1v) is 11.0. The Morgan fingerprint density at radius 1 is 0.964 bits per heavy atom. The molecule has 2 aromatic carbocycles. The Balaban J connectivity index is 1.41. The highest BCUT2D eigenvalue weighted by Gasteiger charge is 2.53. The van der Waals surface area contributed by atoms with Crippen LogP contribution in [0.3, 0.4) is 0 Å². The van der Waals surface area contributed by atoms with Gasteiger partial charge in [-0.25, -0.2) is 0 Å². The molecule has 2 aliphatic carbocycles. The Hall–Kier alpha value is -2.29. The van der Waals surface area contributed by atoms with Gasteiger partial charge in [-0.2, -0.15) is 0 Å². The van der Waals surface area contributed by atoms with Crippen LogP contribution in [0, 0.1) is 17.8 Å². The molecular formula is C25H28N2O. The number of hydrogen-bond donors (Lipinski definition) is 1. The molecule has 0 radical (unpaired) electrons. The van der Waals surface area contributed by atoms with Crippen molar-refractivity contribution in [2.45, 2.75) is 44.1 Å². The Morgan fingerprint density at radius 3 is 2.57 bits per heavy atom. The van der Waals surface area contributed by atoms with Crippen LogP contribution in [0.2, 0.25) is 0 Å². The van der Waals surface area contributed by atoms with Gasteiger partial charge in [0.15, 0.2) is 0 Å². The zero-order valence-corrected chi connectivity index (χ0v) is 16.3. The molecule has 0 aromatic heterocycles. The maximum Gasteiger partial charge on any atom is 0.253 e. The molecular weight excluding hydrogens is 344 g/mol. The highest BCUT2D eigenvalue weighted by Crippen LogP contribution is 2.63. The fraction of sp³-hybridized carbons (Fsp3) is 0.480. The number of anilines is 1. The third-order valence-corrected chi connectivity index (χ3v) is 7.89. The largest absolute Gasteiger partial charge is 0.378 e. The van der Waals surface area contributed by atoms with Crippen LogP contribution in [0.25, 0.3) is 0 Å². The highest BCUT2D eigenvalue weighted by molar-refractivity contribution is 5.95. The van der Waals surface area contributed by atoms with Crippen molar-refractivity contribution in [2.24, 2.45) is 17.8 Å². The molecule has 2 saturated carbocycles. The Labute approximate surface area is 167 Å². The third kappa shape index (κ3) is 2.45. The van der Waals surface area contributed by atoms with Gasteiger partial charge in [0, 0.05) is 24.3 Å². The number of likely N-dealkylation sites (tertiary alicyclic amines) is 1. The molecule has 6 rings (SSSR count). The van der Waals surface area contributed by atoms with Crippen molar-refractivity contribution in [3.63, 3.8) is 0 Å². The number of amides is 1. The predicted molar refractivity (Wildman–Crippen MR) is 111 cm³/mol. The molecule has 3 nitrogen and oxygen atoms in total. The molecule has 3 fully saturated rings. The Morgan fingerprint density at radius 2 is 1.75 bits per heavy atom. The van der Waals surface area contributed by atoms with E-state index in [0.29, 0.717) is 17.9 Å². The molecule has 1 amide bonds. The number of carbonyl (C=O) groups is 1. The van der Waals surface area contributed by atoms with Crippen LogP contribution in [0.5, 0.6) is 0 Å². The first-order chi connectivity index (χ1) is 13.8. The molecule has 1 saturated heterocycles. The van der Waals surface area contributed by atoms with Crippen molar-refractivity contribution in [3.05, 3.63) is 65.2 Å². The van der Waals surface area contributed by atoms with E-state index in [-0.39, 0.29) is 5.91 Å².